The largest absolute Gasteiger partial charge is 0.298 e. The molecular formula is C105H81NO14. The van der Waals surface area contributed by atoms with E-state index in [0.717, 1.165) is 118 Å². The molecule has 0 spiro atoms. The molecule has 15 nitrogen and oxygen atoms in total. The number of rotatable bonds is 18. The van der Waals surface area contributed by atoms with Crippen molar-refractivity contribution in [3.8, 4) is 0 Å². The number of non-ortho nitro benzene ring substituents is 1. The summed E-state index contributed by atoms with van der Waals surface area (Å²) in [5, 5.41) is 23.3. The fourth-order valence-corrected chi connectivity index (χ4v) is 13.2. The van der Waals surface area contributed by atoms with Gasteiger partial charge in [0, 0.05) is 84.5 Å². The summed E-state index contributed by atoms with van der Waals surface area (Å²) < 4.78 is 0. The SMILES string of the molecule is C.C=C(c1ccccc1)c1cc2cc3ccccc3cc2cc1C=O.C=C(c1ccccc1)c1cc2ccccc2cc1C=O.CC(=O)c1cc([N+](=O)[O-])ccc1C=O.CC(=O)c1cc2cc3ccccc3cc2cc1C=O.CC(=O)c1cc2ccccc2cc1C=O.CC(=O)c1ccccc1C=O.O=Cc1ccccc1C(=O)c1ccccc1. The lowest BCUT2D eigenvalue weighted by atomic mass is 9.92. The number of ketones is 5. The first-order valence-corrected chi connectivity index (χ1v) is 37.3. The van der Waals surface area contributed by atoms with Gasteiger partial charge in [0.2, 0.25) is 0 Å². The molecule has 0 saturated heterocycles. The smallest absolute Gasteiger partial charge is 0.270 e. The zero-order valence-corrected chi connectivity index (χ0v) is 65.3. The lowest BCUT2D eigenvalue weighted by Crippen LogP contribution is -2.04. The lowest BCUT2D eigenvalue weighted by molar-refractivity contribution is -0.384. The van der Waals surface area contributed by atoms with E-state index >= 15 is 0 Å². The average molecular weight is 1580 g/mol. The van der Waals surface area contributed by atoms with Crippen molar-refractivity contribution in [2.75, 3.05) is 0 Å². The Morgan fingerprint density at radius 3 is 0.808 bits per heavy atom. The minimum absolute atomic E-state index is 0. The van der Waals surface area contributed by atoms with Gasteiger partial charge in [0.1, 0.15) is 0 Å². The molecule has 0 aliphatic heterocycles. The normalized spacial score (nSPS) is 10.1. The van der Waals surface area contributed by atoms with Crippen molar-refractivity contribution in [2.24, 2.45) is 0 Å². The van der Waals surface area contributed by atoms with E-state index in [2.05, 4.69) is 43.5 Å². The molecule has 15 heteroatoms. The van der Waals surface area contributed by atoms with Crippen LogP contribution in [0, 0.1) is 10.1 Å². The van der Waals surface area contributed by atoms with Gasteiger partial charge in [-0.25, -0.2) is 0 Å². The van der Waals surface area contributed by atoms with Crippen LogP contribution in [0.15, 0.2) is 341 Å². The molecule has 16 aromatic carbocycles. The zero-order valence-electron chi connectivity index (χ0n) is 65.3. The van der Waals surface area contributed by atoms with Gasteiger partial charge >= 0.3 is 0 Å². The predicted molar refractivity (Wildman–Crippen MR) is 480 cm³/mol. The van der Waals surface area contributed by atoms with E-state index in [1.165, 1.54) is 50.6 Å². The molecule has 0 N–H and O–H groups in total. The highest BCUT2D eigenvalue weighted by Gasteiger charge is 2.17. The van der Waals surface area contributed by atoms with E-state index < -0.39 is 4.92 Å². The molecule has 590 valence electrons. The Labute approximate surface area is 693 Å². The van der Waals surface area contributed by atoms with Gasteiger partial charge in [0.15, 0.2) is 72.9 Å². The highest BCUT2D eigenvalue weighted by molar-refractivity contribution is 6.13. The Hall–Kier alpha value is -16.0. The van der Waals surface area contributed by atoms with Crippen LogP contribution in [0.4, 0.5) is 5.69 Å². The van der Waals surface area contributed by atoms with E-state index in [4.69, 9.17) is 0 Å². The molecule has 0 amide bonds. The van der Waals surface area contributed by atoms with Gasteiger partial charge in [-0.3, -0.25) is 67.6 Å². The van der Waals surface area contributed by atoms with Crippen molar-refractivity contribution in [1.29, 1.82) is 0 Å². The third-order valence-electron chi connectivity index (χ3n) is 19.3. The fraction of sp³-hybridized carbons (Fsp3) is 0.0476. The topological polar surface area (TPSA) is 248 Å². The molecule has 0 unspecified atom stereocenters. The van der Waals surface area contributed by atoms with Crippen LogP contribution < -0.4 is 0 Å². The second-order valence-corrected chi connectivity index (χ2v) is 27.2. The fourth-order valence-electron chi connectivity index (χ4n) is 13.2. The maximum absolute atomic E-state index is 12.1. The van der Waals surface area contributed by atoms with Crippen LogP contribution >= 0.6 is 0 Å². The standard InChI is InChI=1S/C23H16O.C19H14O.C17H12O2.C14H10O2.C13H10O2.C9H7NO4.C9H8O2.CH4/c1-16(17-7-3-2-4-8-17)23-14-21-12-19-10-6-5-9-18(19)11-20(21)13-22(23)15-24;1-14(15-7-3-2-4-8-15)19-12-17-10-6-5-9-16(17)11-18(19)13-20;1-11(19)17-9-15-7-13-5-3-2-4-12(13)6-14(15)8-16(17)10-18;15-10-12-8-4-5-9-13(12)14(16)11-6-2-1-3-7-11;1-9(15)13-7-11-5-3-2-4-10(11)6-12(13)8-14;1-6(12)9-4-8(10(13)14)3-2-7(9)5-11;1-7(11)9-5-3-2-4-8(9)6-10;/h2-15H,1H2;2-13H,1H2;2-10H,1H3;1-10H;2-8H,1H3;2-5H,1H3;2-6H,1H3;1H4. The molecule has 0 heterocycles. The van der Waals surface area contributed by atoms with Crippen LogP contribution in [-0.2, 0) is 0 Å². The number of nitrogens with zero attached hydrogens (tertiary/aromatic N) is 1. The third-order valence-corrected chi connectivity index (χ3v) is 19.3. The molecule has 0 aliphatic rings. The van der Waals surface area contributed by atoms with Gasteiger partial charge < -0.3 is 0 Å². The van der Waals surface area contributed by atoms with Crippen LogP contribution in [-0.4, -0.2) is 77.8 Å². The van der Waals surface area contributed by atoms with Gasteiger partial charge in [-0.15, -0.1) is 0 Å². The molecule has 16 rings (SSSR count). The Morgan fingerprint density at radius 2 is 0.475 bits per heavy atom. The number of Topliss-reactive ketones (excluding diaryl/α,β-unsaturated/α-hetero) is 4. The van der Waals surface area contributed by atoms with Gasteiger partial charge in [0.05, 0.1) is 4.92 Å². The third kappa shape index (κ3) is 22.1. The van der Waals surface area contributed by atoms with Crippen LogP contribution in [0.25, 0.3) is 75.8 Å². The molecule has 0 fully saturated rings. The van der Waals surface area contributed by atoms with E-state index in [1.807, 2.05) is 182 Å². The predicted octanol–water partition coefficient (Wildman–Crippen LogP) is 24.1. The second kappa shape index (κ2) is 42.4. The summed E-state index contributed by atoms with van der Waals surface area (Å²) in [5.74, 6) is -0.730. The maximum Gasteiger partial charge on any atom is 0.270 e. The minimum Gasteiger partial charge on any atom is -0.298 e. The van der Waals surface area contributed by atoms with Crippen LogP contribution in [0.3, 0.4) is 0 Å². The number of hydrogen-bond acceptors (Lipinski definition) is 14. The first kappa shape index (κ1) is 88.0. The summed E-state index contributed by atoms with van der Waals surface area (Å²) in [7, 11) is 0. The van der Waals surface area contributed by atoms with Gasteiger partial charge in [0.25, 0.3) is 5.69 Å². The first-order valence-electron chi connectivity index (χ1n) is 37.3. The number of nitro groups is 1. The quantitative estimate of drug-likeness (QED) is 0.0255. The van der Waals surface area contributed by atoms with Crippen molar-refractivity contribution >= 4 is 154 Å². The van der Waals surface area contributed by atoms with Crippen molar-refractivity contribution in [3.05, 3.63) is 445 Å². The second-order valence-electron chi connectivity index (χ2n) is 27.2. The van der Waals surface area contributed by atoms with E-state index in [1.54, 1.807) is 97.1 Å². The van der Waals surface area contributed by atoms with E-state index in [-0.39, 0.29) is 53.2 Å². The number of carbonyl (C=O) groups excluding carboxylic acids is 12. The first-order chi connectivity index (χ1) is 57.6. The molecule has 0 radical (unpaired) electrons. The van der Waals surface area contributed by atoms with Crippen LogP contribution in [0.2, 0.25) is 0 Å². The monoisotopic (exact) mass is 1580 g/mol. The molecular weight excluding hydrogens is 1500 g/mol. The van der Waals surface area contributed by atoms with Crippen molar-refractivity contribution in [3.63, 3.8) is 0 Å². The van der Waals surface area contributed by atoms with Crippen molar-refractivity contribution in [1.82, 2.24) is 0 Å². The van der Waals surface area contributed by atoms with Gasteiger partial charge in [-0.2, -0.15) is 0 Å². The van der Waals surface area contributed by atoms with Crippen molar-refractivity contribution < 1.29 is 62.5 Å². The number of hydrogen-bond donors (Lipinski definition) is 0. The number of carbonyl (C=O) groups is 12. The van der Waals surface area contributed by atoms with Crippen molar-refractivity contribution in [2.45, 2.75) is 35.1 Å². The average Bonchev–Trinajstić information content (AvgIpc) is 0.781. The maximum atomic E-state index is 12.1. The summed E-state index contributed by atoms with van der Waals surface area (Å²) in [4.78, 5) is 143. The lowest BCUT2D eigenvalue weighted by Gasteiger charge is -2.12. The number of fused-ring (bicyclic) bond motifs is 6. The van der Waals surface area contributed by atoms with Crippen LogP contribution in [0.1, 0.15) is 187 Å². The molecule has 0 bridgehead atoms. The summed E-state index contributed by atoms with van der Waals surface area (Å²) in [6.45, 7) is 14.0. The minimum atomic E-state index is -0.610. The van der Waals surface area contributed by atoms with Gasteiger partial charge in [-0.05, 0) is 205 Å². The Balaban J connectivity index is 0.000000161. The Morgan fingerprint density at radius 1 is 0.242 bits per heavy atom. The van der Waals surface area contributed by atoms with E-state index in [9.17, 15) is 67.6 Å². The number of nitro benzene ring substituents is 1. The summed E-state index contributed by atoms with van der Waals surface area (Å²) in [6, 6.07) is 101. The Kier molecular flexibility index (Phi) is 31.1. The summed E-state index contributed by atoms with van der Waals surface area (Å²) in [5.41, 5.74) is 11.3. The molecule has 0 saturated carbocycles. The molecule has 0 atom stereocenters. The zero-order chi connectivity index (χ0) is 85.1. The number of aldehydes is 7. The summed E-state index contributed by atoms with van der Waals surface area (Å²) >= 11 is 0. The van der Waals surface area contributed by atoms with Crippen LogP contribution in [0.5, 0.6) is 0 Å². The van der Waals surface area contributed by atoms with E-state index in [0.29, 0.717) is 80.1 Å². The molecule has 0 aromatic heterocycles. The highest BCUT2D eigenvalue weighted by atomic mass is 16.6. The molecule has 120 heavy (non-hydrogen) atoms. The molecule has 0 aliphatic carbocycles. The van der Waals surface area contributed by atoms with Gasteiger partial charge in [-0.1, -0.05) is 257 Å². The Bertz CT molecular complexity index is 6620. The number of benzene rings is 16. The summed E-state index contributed by atoms with van der Waals surface area (Å²) in [6.07, 6.45) is 5.18. The highest BCUT2D eigenvalue weighted by Crippen LogP contribution is 2.33. The molecule has 16 aromatic rings.